The van der Waals surface area contributed by atoms with Crippen molar-refractivity contribution in [3.63, 3.8) is 0 Å². The number of hydrogen-bond acceptors (Lipinski definition) is 4. The van der Waals surface area contributed by atoms with Crippen molar-refractivity contribution in [3.8, 4) is 0 Å². The highest BCUT2D eigenvalue weighted by atomic mass is 32.1. The van der Waals surface area contributed by atoms with Crippen molar-refractivity contribution in [2.75, 3.05) is 24.7 Å². The van der Waals surface area contributed by atoms with E-state index in [1.54, 1.807) is 17.7 Å². The molecule has 2 aromatic rings. The number of alkyl halides is 1. The van der Waals surface area contributed by atoms with Gasteiger partial charge in [-0.3, -0.25) is 4.39 Å². The molecular weight excluding hydrogens is 225 g/mol. The van der Waals surface area contributed by atoms with Gasteiger partial charge < -0.3 is 4.90 Å². The zero-order valence-electron chi connectivity index (χ0n) is 8.77. The van der Waals surface area contributed by atoms with E-state index >= 15 is 0 Å². The summed E-state index contributed by atoms with van der Waals surface area (Å²) in [5.74, 6) is 1.14. The highest BCUT2D eigenvalue weighted by Gasteiger charge is 2.24. The molecule has 1 saturated heterocycles. The van der Waals surface area contributed by atoms with Gasteiger partial charge in [0.2, 0.25) is 0 Å². The second kappa shape index (κ2) is 3.97. The van der Waals surface area contributed by atoms with Crippen LogP contribution in [0.1, 0.15) is 6.42 Å². The summed E-state index contributed by atoms with van der Waals surface area (Å²) in [6.07, 6.45) is 2.51. The Morgan fingerprint density at radius 2 is 2.44 bits per heavy atom. The Morgan fingerprint density at radius 3 is 3.25 bits per heavy atom. The molecule has 3 rings (SSSR count). The smallest absolute Gasteiger partial charge is 0.150 e. The fourth-order valence-corrected chi connectivity index (χ4v) is 3.01. The SMILES string of the molecule is FCC1CCN(c2ncnc3ccsc23)C1. The fourth-order valence-electron chi connectivity index (χ4n) is 2.15. The van der Waals surface area contributed by atoms with Gasteiger partial charge in [0.15, 0.2) is 0 Å². The lowest BCUT2D eigenvalue weighted by molar-refractivity contribution is 0.385. The van der Waals surface area contributed by atoms with Crippen molar-refractivity contribution in [2.45, 2.75) is 6.42 Å². The van der Waals surface area contributed by atoms with Crippen LogP contribution < -0.4 is 4.90 Å². The van der Waals surface area contributed by atoms with Crippen LogP contribution in [0.15, 0.2) is 17.8 Å². The van der Waals surface area contributed by atoms with E-state index in [9.17, 15) is 4.39 Å². The second-order valence-corrected chi connectivity index (χ2v) is 5.00. The number of halogens is 1. The predicted molar refractivity (Wildman–Crippen MR) is 63.7 cm³/mol. The third-order valence-corrected chi connectivity index (χ3v) is 3.93. The molecule has 0 amide bonds. The Balaban J connectivity index is 1.97. The van der Waals surface area contributed by atoms with Gasteiger partial charge in [-0.1, -0.05) is 0 Å². The van der Waals surface area contributed by atoms with Crippen LogP contribution in [0.3, 0.4) is 0 Å². The zero-order chi connectivity index (χ0) is 11.0. The monoisotopic (exact) mass is 237 g/mol. The van der Waals surface area contributed by atoms with Gasteiger partial charge in [-0.05, 0) is 17.9 Å². The van der Waals surface area contributed by atoms with E-state index in [1.165, 1.54) is 0 Å². The van der Waals surface area contributed by atoms with Crippen molar-refractivity contribution in [2.24, 2.45) is 5.92 Å². The molecule has 1 fully saturated rings. The highest BCUT2D eigenvalue weighted by molar-refractivity contribution is 7.17. The molecule has 1 aliphatic rings. The molecule has 16 heavy (non-hydrogen) atoms. The first-order valence-electron chi connectivity index (χ1n) is 5.37. The molecule has 1 aliphatic heterocycles. The molecule has 0 saturated carbocycles. The van der Waals surface area contributed by atoms with Crippen molar-refractivity contribution in [1.29, 1.82) is 0 Å². The Hall–Kier alpha value is -1.23. The quantitative estimate of drug-likeness (QED) is 0.803. The Morgan fingerprint density at radius 1 is 1.50 bits per heavy atom. The minimum absolute atomic E-state index is 0.171. The molecule has 3 heterocycles. The molecule has 2 aromatic heterocycles. The highest BCUT2D eigenvalue weighted by Crippen LogP contribution is 2.31. The first-order chi connectivity index (χ1) is 7.88. The van der Waals surface area contributed by atoms with Crippen molar-refractivity contribution < 1.29 is 4.39 Å². The number of rotatable bonds is 2. The van der Waals surface area contributed by atoms with Crippen molar-refractivity contribution >= 4 is 27.4 Å². The summed E-state index contributed by atoms with van der Waals surface area (Å²) in [7, 11) is 0. The van der Waals surface area contributed by atoms with Crippen LogP contribution in [-0.4, -0.2) is 29.7 Å². The van der Waals surface area contributed by atoms with Crippen LogP contribution in [0.4, 0.5) is 10.2 Å². The van der Waals surface area contributed by atoms with Crippen LogP contribution in [0.2, 0.25) is 0 Å². The van der Waals surface area contributed by atoms with Gasteiger partial charge >= 0.3 is 0 Å². The zero-order valence-corrected chi connectivity index (χ0v) is 9.58. The van der Waals surface area contributed by atoms with Gasteiger partial charge in [0, 0.05) is 19.0 Å². The molecule has 3 nitrogen and oxygen atoms in total. The third-order valence-electron chi connectivity index (χ3n) is 3.03. The second-order valence-electron chi connectivity index (χ2n) is 4.09. The lowest BCUT2D eigenvalue weighted by Gasteiger charge is -2.17. The van der Waals surface area contributed by atoms with Crippen LogP contribution in [0.5, 0.6) is 0 Å². The maximum absolute atomic E-state index is 12.6. The van der Waals surface area contributed by atoms with E-state index in [4.69, 9.17) is 0 Å². The van der Waals surface area contributed by atoms with E-state index in [-0.39, 0.29) is 12.6 Å². The lowest BCUT2D eigenvalue weighted by atomic mass is 10.1. The largest absolute Gasteiger partial charge is 0.355 e. The number of anilines is 1. The summed E-state index contributed by atoms with van der Waals surface area (Å²) in [5.41, 5.74) is 0.985. The van der Waals surface area contributed by atoms with Gasteiger partial charge in [0.25, 0.3) is 0 Å². The summed E-state index contributed by atoms with van der Waals surface area (Å²) in [4.78, 5) is 10.7. The van der Waals surface area contributed by atoms with Crippen molar-refractivity contribution in [3.05, 3.63) is 17.8 Å². The summed E-state index contributed by atoms with van der Waals surface area (Å²) < 4.78 is 13.7. The normalized spacial score (nSPS) is 20.8. The van der Waals surface area contributed by atoms with Gasteiger partial charge in [-0.15, -0.1) is 11.3 Å². The number of aromatic nitrogens is 2. The number of fused-ring (bicyclic) bond motifs is 1. The first-order valence-corrected chi connectivity index (χ1v) is 6.25. The topological polar surface area (TPSA) is 29.0 Å². The molecule has 1 unspecified atom stereocenters. The minimum atomic E-state index is -0.227. The molecule has 0 radical (unpaired) electrons. The van der Waals surface area contributed by atoms with Crippen molar-refractivity contribution in [1.82, 2.24) is 9.97 Å². The molecular formula is C11H12FN3S. The molecule has 0 aliphatic carbocycles. The Labute approximate surface area is 96.9 Å². The Kier molecular flexibility index (Phi) is 2.47. The van der Waals surface area contributed by atoms with E-state index in [0.717, 1.165) is 35.5 Å². The van der Waals surface area contributed by atoms with Gasteiger partial charge in [-0.25, -0.2) is 9.97 Å². The maximum atomic E-state index is 12.6. The van der Waals surface area contributed by atoms with Crippen LogP contribution in [-0.2, 0) is 0 Å². The molecule has 84 valence electrons. The van der Waals surface area contributed by atoms with Crippen LogP contribution >= 0.6 is 11.3 Å². The van der Waals surface area contributed by atoms with Gasteiger partial charge in [0.05, 0.1) is 16.9 Å². The minimum Gasteiger partial charge on any atom is -0.355 e. The average Bonchev–Trinajstić information content (AvgIpc) is 2.97. The summed E-state index contributed by atoms with van der Waals surface area (Å²) in [6, 6.07) is 1.99. The predicted octanol–water partition coefficient (Wildman–Crippen LogP) is 2.49. The van der Waals surface area contributed by atoms with E-state index in [1.807, 2.05) is 11.4 Å². The Bertz CT molecular complexity index is 499. The van der Waals surface area contributed by atoms with E-state index in [0.29, 0.717) is 0 Å². The standard InChI is InChI=1S/C11H12FN3S/c12-5-8-1-3-15(6-8)11-10-9(2-4-16-10)13-7-14-11/h2,4,7-8H,1,3,5-6H2. The summed E-state index contributed by atoms with van der Waals surface area (Å²) in [5, 5.41) is 2.02. The average molecular weight is 237 g/mol. The summed E-state index contributed by atoms with van der Waals surface area (Å²) in [6.45, 7) is 1.45. The molecule has 5 heteroatoms. The molecule has 0 spiro atoms. The molecule has 0 bridgehead atoms. The lowest BCUT2D eigenvalue weighted by Crippen LogP contribution is -2.21. The third kappa shape index (κ3) is 1.55. The summed E-state index contributed by atoms with van der Waals surface area (Å²) >= 11 is 1.65. The van der Waals surface area contributed by atoms with Gasteiger partial charge in [0.1, 0.15) is 12.1 Å². The van der Waals surface area contributed by atoms with Gasteiger partial charge in [-0.2, -0.15) is 0 Å². The fraction of sp³-hybridized carbons (Fsp3) is 0.455. The molecule has 1 atom stereocenters. The number of hydrogen-bond donors (Lipinski definition) is 0. The van der Waals surface area contributed by atoms with Crippen LogP contribution in [0, 0.1) is 5.92 Å². The van der Waals surface area contributed by atoms with Crippen LogP contribution in [0.25, 0.3) is 10.2 Å². The molecule has 0 aromatic carbocycles. The van der Waals surface area contributed by atoms with E-state index in [2.05, 4.69) is 14.9 Å². The first kappa shape index (κ1) is 9.96. The number of thiophene rings is 1. The van der Waals surface area contributed by atoms with E-state index < -0.39 is 0 Å². The number of nitrogens with zero attached hydrogens (tertiary/aromatic N) is 3. The molecule has 0 N–H and O–H groups in total. The maximum Gasteiger partial charge on any atom is 0.150 e.